The van der Waals surface area contributed by atoms with Crippen LogP contribution < -0.4 is 25.0 Å². The van der Waals surface area contributed by atoms with Gasteiger partial charge < -0.3 is 25.0 Å². The highest BCUT2D eigenvalue weighted by atomic mass is 16.5. The first-order valence-corrected chi connectivity index (χ1v) is 10.9. The summed E-state index contributed by atoms with van der Waals surface area (Å²) < 4.78 is 10.5. The van der Waals surface area contributed by atoms with E-state index in [1.54, 1.807) is 32.4 Å². The van der Waals surface area contributed by atoms with E-state index in [4.69, 9.17) is 9.47 Å². The van der Waals surface area contributed by atoms with Gasteiger partial charge in [-0.05, 0) is 29.8 Å². The molecular formula is C25H29N5O3. The van der Waals surface area contributed by atoms with Crippen molar-refractivity contribution in [3.63, 3.8) is 0 Å². The van der Waals surface area contributed by atoms with Gasteiger partial charge in [0.05, 0.1) is 14.2 Å². The Bertz CT molecular complexity index is 1030. The maximum atomic E-state index is 12.4. The molecular weight excluding hydrogens is 418 g/mol. The van der Waals surface area contributed by atoms with Crippen LogP contribution in [0.2, 0.25) is 0 Å². The molecule has 0 radical (unpaired) electrons. The summed E-state index contributed by atoms with van der Waals surface area (Å²) >= 11 is 0. The molecule has 2 aromatic carbocycles. The number of anilines is 3. The molecule has 0 spiro atoms. The molecule has 8 nitrogen and oxygen atoms in total. The Balaban J connectivity index is 1.27. The normalized spacial score (nSPS) is 13.9. The highest BCUT2D eigenvalue weighted by Crippen LogP contribution is 2.26. The lowest BCUT2D eigenvalue weighted by molar-refractivity contribution is 0.249. The van der Waals surface area contributed by atoms with Crippen molar-refractivity contribution in [1.82, 2.24) is 9.88 Å². The van der Waals surface area contributed by atoms with Gasteiger partial charge in [-0.3, -0.25) is 4.90 Å². The molecule has 0 saturated carbocycles. The number of hydrogen-bond acceptors (Lipinski definition) is 6. The van der Waals surface area contributed by atoms with Crippen molar-refractivity contribution in [3.05, 3.63) is 72.4 Å². The highest BCUT2D eigenvalue weighted by molar-refractivity contribution is 6.00. The van der Waals surface area contributed by atoms with E-state index in [2.05, 4.69) is 43.6 Å². The molecule has 0 bridgehead atoms. The lowest BCUT2D eigenvalue weighted by atomic mass is 10.1. The summed E-state index contributed by atoms with van der Waals surface area (Å²) in [5, 5.41) is 5.67. The number of carbonyl (C=O) groups is 1. The first kappa shape index (κ1) is 22.4. The van der Waals surface area contributed by atoms with Crippen molar-refractivity contribution in [1.29, 1.82) is 0 Å². The number of piperazine rings is 1. The third-order valence-corrected chi connectivity index (χ3v) is 5.57. The predicted molar refractivity (Wildman–Crippen MR) is 130 cm³/mol. The Morgan fingerprint density at radius 3 is 2.15 bits per heavy atom. The number of ether oxygens (including phenoxy) is 2. The van der Waals surface area contributed by atoms with E-state index in [-0.39, 0.29) is 6.03 Å². The van der Waals surface area contributed by atoms with Gasteiger partial charge in [0.15, 0.2) is 0 Å². The minimum atomic E-state index is -0.330. The Morgan fingerprint density at radius 2 is 1.55 bits per heavy atom. The molecule has 1 aliphatic heterocycles. The number of urea groups is 1. The second kappa shape index (κ2) is 10.7. The van der Waals surface area contributed by atoms with Crippen LogP contribution in [0.1, 0.15) is 5.56 Å². The number of pyridine rings is 1. The summed E-state index contributed by atoms with van der Waals surface area (Å²) in [6.45, 7) is 4.79. The Labute approximate surface area is 194 Å². The molecule has 2 amide bonds. The maximum absolute atomic E-state index is 12.4. The third-order valence-electron chi connectivity index (χ3n) is 5.57. The number of methoxy groups -OCH3 is 2. The van der Waals surface area contributed by atoms with Gasteiger partial charge in [0.2, 0.25) is 0 Å². The van der Waals surface area contributed by atoms with E-state index in [1.165, 1.54) is 5.56 Å². The van der Waals surface area contributed by atoms with Crippen molar-refractivity contribution in [2.24, 2.45) is 0 Å². The van der Waals surface area contributed by atoms with Gasteiger partial charge in [0, 0.05) is 68.5 Å². The number of benzene rings is 2. The number of nitrogens with zero attached hydrogens (tertiary/aromatic N) is 3. The summed E-state index contributed by atoms with van der Waals surface area (Å²) in [4.78, 5) is 21.6. The number of aromatic nitrogens is 1. The second-order valence-corrected chi connectivity index (χ2v) is 7.83. The van der Waals surface area contributed by atoms with E-state index in [9.17, 15) is 4.79 Å². The topological polar surface area (TPSA) is 79.0 Å². The molecule has 1 aliphatic rings. The summed E-state index contributed by atoms with van der Waals surface area (Å²) in [6.07, 6.45) is 1.84. The van der Waals surface area contributed by atoms with Crippen LogP contribution >= 0.6 is 0 Å². The van der Waals surface area contributed by atoms with Gasteiger partial charge >= 0.3 is 6.03 Å². The molecule has 1 aromatic heterocycles. The number of carbonyl (C=O) groups excluding carboxylic acids is 1. The minimum absolute atomic E-state index is 0.330. The fourth-order valence-corrected chi connectivity index (χ4v) is 3.80. The molecule has 3 aromatic rings. The molecule has 1 saturated heterocycles. The van der Waals surface area contributed by atoms with Gasteiger partial charge in [-0.25, -0.2) is 9.78 Å². The molecule has 0 atom stereocenters. The standard InChI is InChI=1S/C25H29N5O3/c1-32-22-15-21(16-23(17-22)33-2)28-25(31)27-20-8-6-19(7-9-20)18-29-11-13-30(14-12-29)24-5-3-4-10-26-24/h3-10,15-17H,11-14,18H2,1-2H3,(H2,27,28,31). The quantitative estimate of drug-likeness (QED) is 0.569. The molecule has 2 N–H and O–H groups in total. The van der Waals surface area contributed by atoms with Gasteiger partial charge in [-0.1, -0.05) is 18.2 Å². The summed E-state index contributed by atoms with van der Waals surface area (Å²) in [7, 11) is 3.14. The molecule has 1 fully saturated rings. The van der Waals surface area contributed by atoms with Crippen LogP contribution in [0.3, 0.4) is 0 Å². The fraction of sp³-hybridized carbons (Fsp3) is 0.280. The van der Waals surface area contributed by atoms with E-state index in [0.717, 1.165) is 44.2 Å². The van der Waals surface area contributed by atoms with Crippen LogP contribution in [0, 0.1) is 0 Å². The number of hydrogen-bond donors (Lipinski definition) is 2. The monoisotopic (exact) mass is 447 g/mol. The van der Waals surface area contributed by atoms with Gasteiger partial charge in [-0.2, -0.15) is 0 Å². The molecule has 33 heavy (non-hydrogen) atoms. The van der Waals surface area contributed by atoms with Crippen LogP contribution in [0.4, 0.5) is 22.0 Å². The van der Waals surface area contributed by atoms with Crippen LogP contribution in [-0.2, 0) is 6.54 Å². The van der Waals surface area contributed by atoms with Crippen LogP contribution in [0.25, 0.3) is 0 Å². The number of amides is 2. The number of nitrogens with one attached hydrogen (secondary N) is 2. The van der Waals surface area contributed by atoms with Crippen molar-refractivity contribution in [2.45, 2.75) is 6.54 Å². The zero-order valence-corrected chi connectivity index (χ0v) is 19.0. The van der Waals surface area contributed by atoms with Gasteiger partial charge in [0.1, 0.15) is 17.3 Å². The summed E-state index contributed by atoms with van der Waals surface area (Å²) in [6, 6.07) is 18.9. The van der Waals surface area contributed by atoms with Gasteiger partial charge in [-0.15, -0.1) is 0 Å². The Morgan fingerprint density at radius 1 is 0.879 bits per heavy atom. The van der Waals surface area contributed by atoms with Crippen molar-refractivity contribution in [3.8, 4) is 11.5 Å². The molecule has 172 valence electrons. The molecule has 4 rings (SSSR count). The molecule has 2 heterocycles. The fourth-order valence-electron chi connectivity index (χ4n) is 3.80. The van der Waals surface area contributed by atoms with Crippen LogP contribution in [0.5, 0.6) is 11.5 Å². The maximum Gasteiger partial charge on any atom is 0.323 e. The van der Waals surface area contributed by atoms with E-state index >= 15 is 0 Å². The zero-order chi connectivity index (χ0) is 23.0. The first-order chi connectivity index (χ1) is 16.1. The predicted octanol–water partition coefficient (Wildman–Crippen LogP) is 4.07. The van der Waals surface area contributed by atoms with E-state index in [1.807, 2.05) is 30.5 Å². The van der Waals surface area contributed by atoms with Crippen LogP contribution in [0.15, 0.2) is 66.9 Å². The lowest BCUT2D eigenvalue weighted by Crippen LogP contribution is -2.46. The Hall–Kier alpha value is -3.78. The second-order valence-electron chi connectivity index (χ2n) is 7.83. The average Bonchev–Trinajstić information content (AvgIpc) is 2.86. The largest absolute Gasteiger partial charge is 0.497 e. The van der Waals surface area contributed by atoms with Crippen LogP contribution in [-0.4, -0.2) is 56.3 Å². The minimum Gasteiger partial charge on any atom is -0.497 e. The van der Waals surface area contributed by atoms with Gasteiger partial charge in [0.25, 0.3) is 0 Å². The third kappa shape index (κ3) is 6.14. The zero-order valence-electron chi connectivity index (χ0n) is 19.0. The summed E-state index contributed by atoms with van der Waals surface area (Å²) in [5.74, 6) is 2.25. The molecule has 8 heteroatoms. The molecule has 0 aliphatic carbocycles. The highest BCUT2D eigenvalue weighted by Gasteiger charge is 2.18. The van der Waals surface area contributed by atoms with E-state index < -0.39 is 0 Å². The lowest BCUT2D eigenvalue weighted by Gasteiger charge is -2.35. The van der Waals surface area contributed by atoms with E-state index in [0.29, 0.717) is 17.2 Å². The first-order valence-electron chi connectivity index (χ1n) is 10.9. The summed E-state index contributed by atoms with van der Waals surface area (Å²) in [5.41, 5.74) is 2.53. The molecule has 0 unspecified atom stereocenters. The van der Waals surface area contributed by atoms with Crippen molar-refractivity contribution >= 4 is 23.2 Å². The SMILES string of the molecule is COc1cc(NC(=O)Nc2ccc(CN3CCN(c4ccccn4)CC3)cc2)cc(OC)c1. The smallest absolute Gasteiger partial charge is 0.323 e. The average molecular weight is 448 g/mol. The Kier molecular flexibility index (Phi) is 7.26. The number of rotatable bonds is 7. The van der Waals surface area contributed by atoms with Crippen molar-refractivity contribution in [2.75, 3.05) is 55.9 Å². The van der Waals surface area contributed by atoms with Crippen molar-refractivity contribution < 1.29 is 14.3 Å².